The second-order valence-corrected chi connectivity index (χ2v) is 3.87. The molecule has 1 atom stereocenters. The van der Waals surface area contributed by atoms with E-state index in [9.17, 15) is 4.79 Å². The Morgan fingerprint density at radius 2 is 2.31 bits per heavy atom. The summed E-state index contributed by atoms with van der Waals surface area (Å²) in [5.41, 5.74) is 2.15. The molecule has 1 fully saturated rings. The van der Waals surface area contributed by atoms with Crippen molar-refractivity contribution in [1.82, 2.24) is 10.8 Å². The van der Waals surface area contributed by atoms with E-state index in [4.69, 9.17) is 0 Å². The van der Waals surface area contributed by atoms with Crippen LogP contribution in [0.3, 0.4) is 0 Å². The van der Waals surface area contributed by atoms with Gasteiger partial charge < -0.3 is 5.32 Å². The maximum absolute atomic E-state index is 11.7. The zero-order valence-corrected chi connectivity index (χ0v) is 8.52. The van der Waals surface area contributed by atoms with Gasteiger partial charge in [-0.1, -0.05) is 13.8 Å². The Morgan fingerprint density at radius 3 is 2.69 bits per heavy atom. The van der Waals surface area contributed by atoms with E-state index < -0.39 is 0 Å². The van der Waals surface area contributed by atoms with Crippen molar-refractivity contribution >= 4 is 5.91 Å². The predicted octanol–water partition coefficient (Wildman–Crippen LogP) is 0.300. The van der Waals surface area contributed by atoms with Gasteiger partial charge >= 0.3 is 0 Å². The summed E-state index contributed by atoms with van der Waals surface area (Å²) in [7, 11) is 1.47. The minimum Gasteiger partial charge on any atom is -0.316 e. The Morgan fingerprint density at radius 1 is 1.62 bits per heavy atom. The van der Waals surface area contributed by atoms with Crippen molar-refractivity contribution in [2.24, 2.45) is 11.3 Å². The van der Waals surface area contributed by atoms with Crippen LogP contribution in [-0.4, -0.2) is 26.1 Å². The van der Waals surface area contributed by atoms with Crippen LogP contribution in [0.25, 0.3) is 0 Å². The zero-order valence-electron chi connectivity index (χ0n) is 8.52. The molecular weight excluding hydrogens is 168 g/mol. The summed E-state index contributed by atoms with van der Waals surface area (Å²) >= 11 is 0. The van der Waals surface area contributed by atoms with Gasteiger partial charge in [-0.25, -0.2) is 5.48 Å². The standard InChI is InChI=1S/C9H18N2O2/c1-7(2)9(4-5-10-6-9)8(12)11-13-3/h7,10H,4-6H2,1-3H3,(H,11,12). The number of hydrogen-bond acceptors (Lipinski definition) is 3. The largest absolute Gasteiger partial charge is 0.316 e. The van der Waals surface area contributed by atoms with Crippen molar-refractivity contribution in [3.8, 4) is 0 Å². The van der Waals surface area contributed by atoms with Crippen molar-refractivity contribution in [3.05, 3.63) is 0 Å². The molecule has 0 saturated carbocycles. The molecule has 1 unspecified atom stereocenters. The van der Waals surface area contributed by atoms with Gasteiger partial charge in [-0.3, -0.25) is 9.63 Å². The van der Waals surface area contributed by atoms with Crippen LogP contribution in [0.2, 0.25) is 0 Å². The normalized spacial score (nSPS) is 28.0. The van der Waals surface area contributed by atoms with Crippen LogP contribution >= 0.6 is 0 Å². The number of amides is 1. The minimum atomic E-state index is -0.282. The maximum Gasteiger partial charge on any atom is 0.251 e. The van der Waals surface area contributed by atoms with Gasteiger partial charge in [-0.2, -0.15) is 0 Å². The number of carbonyl (C=O) groups is 1. The Bertz CT molecular complexity index is 186. The molecule has 1 rings (SSSR count). The van der Waals surface area contributed by atoms with Crippen molar-refractivity contribution in [1.29, 1.82) is 0 Å². The van der Waals surface area contributed by atoms with Crippen molar-refractivity contribution in [3.63, 3.8) is 0 Å². The van der Waals surface area contributed by atoms with Gasteiger partial charge in [0, 0.05) is 6.54 Å². The smallest absolute Gasteiger partial charge is 0.251 e. The molecule has 1 aliphatic heterocycles. The SMILES string of the molecule is CONC(=O)C1(C(C)C)CCNC1. The van der Waals surface area contributed by atoms with E-state index >= 15 is 0 Å². The summed E-state index contributed by atoms with van der Waals surface area (Å²) in [5, 5.41) is 3.22. The molecule has 4 heteroatoms. The maximum atomic E-state index is 11.7. The van der Waals surface area contributed by atoms with Gasteiger partial charge in [0.15, 0.2) is 0 Å². The van der Waals surface area contributed by atoms with E-state index in [0.29, 0.717) is 5.92 Å². The molecule has 1 saturated heterocycles. The second-order valence-electron chi connectivity index (χ2n) is 3.87. The van der Waals surface area contributed by atoms with Crippen LogP contribution in [0.15, 0.2) is 0 Å². The summed E-state index contributed by atoms with van der Waals surface area (Å²) in [6, 6.07) is 0. The molecule has 0 aromatic heterocycles. The minimum absolute atomic E-state index is 0.00463. The highest BCUT2D eigenvalue weighted by atomic mass is 16.6. The fraction of sp³-hybridized carbons (Fsp3) is 0.889. The molecular formula is C9H18N2O2. The number of carbonyl (C=O) groups excluding carboxylic acids is 1. The van der Waals surface area contributed by atoms with Gasteiger partial charge in [0.25, 0.3) is 5.91 Å². The monoisotopic (exact) mass is 186 g/mol. The van der Waals surface area contributed by atoms with Crippen LogP contribution in [0.1, 0.15) is 20.3 Å². The zero-order chi connectivity index (χ0) is 9.90. The highest BCUT2D eigenvalue weighted by Gasteiger charge is 2.43. The van der Waals surface area contributed by atoms with Gasteiger partial charge in [0.1, 0.15) is 0 Å². The number of nitrogens with one attached hydrogen (secondary N) is 2. The first-order valence-electron chi connectivity index (χ1n) is 4.67. The summed E-state index contributed by atoms with van der Waals surface area (Å²) in [4.78, 5) is 16.4. The van der Waals surface area contributed by atoms with Crippen LogP contribution < -0.4 is 10.8 Å². The van der Waals surface area contributed by atoms with Crippen molar-refractivity contribution in [2.45, 2.75) is 20.3 Å². The molecule has 13 heavy (non-hydrogen) atoms. The number of hydroxylamine groups is 1. The van der Waals surface area contributed by atoms with E-state index in [2.05, 4.69) is 29.5 Å². The fourth-order valence-corrected chi connectivity index (χ4v) is 1.85. The third kappa shape index (κ3) is 1.84. The quantitative estimate of drug-likeness (QED) is 0.623. The lowest BCUT2D eigenvalue weighted by molar-refractivity contribution is -0.143. The highest BCUT2D eigenvalue weighted by Crippen LogP contribution is 2.34. The fourth-order valence-electron chi connectivity index (χ4n) is 1.85. The van der Waals surface area contributed by atoms with Gasteiger partial charge in [-0.15, -0.1) is 0 Å². The lowest BCUT2D eigenvalue weighted by Gasteiger charge is -2.30. The van der Waals surface area contributed by atoms with E-state index in [1.165, 1.54) is 7.11 Å². The van der Waals surface area contributed by atoms with Gasteiger partial charge in [0.2, 0.25) is 0 Å². The summed E-state index contributed by atoms with van der Waals surface area (Å²) in [6.45, 7) is 5.81. The highest BCUT2D eigenvalue weighted by molar-refractivity contribution is 5.82. The van der Waals surface area contributed by atoms with Crippen molar-refractivity contribution < 1.29 is 9.63 Å². The molecule has 1 heterocycles. The van der Waals surface area contributed by atoms with Crippen molar-refractivity contribution in [2.75, 3.05) is 20.2 Å². The first kappa shape index (κ1) is 10.5. The molecule has 0 aromatic carbocycles. The molecule has 0 radical (unpaired) electrons. The molecule has 1 amide bonds. The molecule has 0 aliphatic carbocycles. The lowest BCUT2D eigenvalue weighted by atomic mass is 9.76. The van der Waals surface area contributed by atoms with E-state index in [0.717, 1.165) is 19.5 Å². The Balaban J connectivity index is 2.72. The number of hydrogen-bond donors (Lipinski definition) is 2. The first-order valence-corrected chi connectivity index (χ1v) is 4.67. The van der Waals surface area contributed by atoms with E-state index in [1.807, 2.05) is 0 Å². The predicted molar refractivity (Wildman–Crippen MR) is 49.9 cm³/mol. The van der Waals surface area contributed by atoms with Crippen LogP contribution in [0.4, 0.5) is 0 Å². The number of rotatable bonds is 3. The molecule has 4 nitrogen and oxygen atoms in total. The third-order valence-corrected chi connectivity index (χ3v) is 2.94. The van der Waals surface area contributed by atoms with Crippen LogP contribution in [0.5, 0.6) is 0 Å². The van der Waals surface area contributed by atoms with Crippen LogP contribution in [-0.2, 0) is 9.63 Å². The van der Waals surface area contributed by atoms with Gasteiger partial charge in [-0.05, 0) is 18.9 Å². The average molecular weight is 186 g/mol. The Hall–Kier alpha value is -0.610. The first-order chi connectivity index (χ1) is 6.13. The molecule has 0 bridgehead atoms. The molecule has 2 N–H and O–H groups in total. The topological polar surface area (TPSA) is 50.4 Å². The lowest BCUT2D eigenvalue weighted by Crippen LogP contribution is -2.45. The molecule has 0 aromatic rings. The van der Waals surface area contributed by atoms with E-state index in [-0.39, 0.29) is 11.3 Å². The second kappa shape index (κ2) is 4.07. The Labute approximate surface area is 79.0 Å². The summed E-state index contributed by atoms with van der Waals surface area (Å²) in [5.74, 6) is 0.327. The summed E-state index contributed by atoms with van der Waals surface area (Å²) < 4.78 is 0. The molecule has 0 spiro atoms. The average Bonchev–Trinajstić information content (AvgIpc) is 2.53. The Kier molecular flexibility index (Phi) is 3.27. The summed E-state index contributed by atoms with van der Waals surface area (Å²) in [6.07, 6.45) is 0.889. The molecule has 76 valence electrons. The third-order valence-electron chi connectivity index (χ3n) is 2.94. The van der Waals surface area contributed by atoms with Crippen LogP contribution in [0, 0.1) is 11.3 Å². The molecule has 1 aliphatic rings. The van der Waals surface area contributed by atoms with E-state index in [1.54, 1.807) is 0 Å². The van der Waals surface area contributed by atoms with Gasteiger partial charge in [0.05, 0.1) is 12.5 Å².